The van der Waals surface area contributed by atoms with Crippen LogP contribution >= 0.6 is 0 Å². The zero-order chi connectivity index (χ0) is 13.8. The van der Waals surface area contributed by atoms with Crippen molar-refractivity contribution in [3.05, 3.63) is 59.2 Å². The van der Waals surface area contributed by atoms with E-state index in [1.165, 1.54) is 11.1 Å². The van der Waals surface area contributed by atoms with E-state index in [0.717, 1.165) is 36.6 Å². The molecule has 2 aromatic carbocycles. The number of nitrogens with one attached hydrogen (secondary N) is 1. The van der Waals surface area contributed by atoms with Crippen LogP contribution in [0.15, 0.2) is 42.5 Å². The lowest BCUT2D eigenvalue weighted by Gasteiger charge is -2.18. The summed E-state index contributed by atoms with van der Waals surface area (Å²) in [5.41, 5.74) is 3.89. The lowest BCUT2D eigenvalue weighted by atomic mass is 10.0. The second-order valence-corrected chi connectivity index (χ2v) is 5.00. The number of fused-ring (bicyclic) bond motifs is 1. The average molecular weight is 269 g/mol. The van der Waals surface area contributed by atoms with E-state index < -0.39 is 0 Å². The van der Waals surface area contributed by atoms with Crippen LogP contribution in [0.5, 0.6) is 11.5 Å². The number of hydrogen-bond donors (Lipinski definition) is 1. The van der Waals surface area contributed by atoms with Gasteiger partial charge in [0.25, 0.3) is 0 Å². The molecule has 0 unspecified atom stereocenters. The molecule has 0 radical (unpaired) electrons. The summed E-state index contributed by atoms with van der Waals surface area (Å²) in [4.78, 5) is 0. The third kappa shape index (κ3) is 2.94. The number of methoxy groups -OCH3 is 1. The molecular weight excluding hydrogens is 250 g/mol. The maximum atomic E-state index is 5.87. The summed E-state index contributed by atoms with van der Waals surface area (Å²) in [6.07, 6.45) is 1.10. The van der Waals surface area contributed by atoms with E-state index in [1.807, 2.05) is 24.3 Å². The average Bonchev–Trinajstić information content (AvgIpc) is 2.53. The Balaban J connectivity index is 1.68. The minimum Gasteiger partial charge on any atom is -0.497 e. The monoisotopic (exact) mass is 269 g/mol. The first-order chi connectivity index (χ1) is 9.85. The van der Waals surface area contributed by atoms with E-state index in [-0.39, 0.29) is 0 Å². The summed E-state index contributed by atoms with van der Waals surface area (Å²) in [6.45, 7) is 2.56. The first-order valence-corrected chi connectivity index (χ1v) is 6.93. The fourth-order valence-corrected chi connectivity index (χ4v) is 2.48. The van der Waals surface area contributed by atoms with Gasteiger partial charge in [0.1, 0.15) is 18.1 Å². The second-order valence-electron chi connectivity index (χ2n) is 5.00. The summed E-state index contributed by atoms with van der Waals surface area (Å²) in [5.74, 6) is 1.79. The quantitative estimate of drug-likeness (QED) is 0.925. The third-order valence-electron chi connectivity index (χ3n) is 3.60. The van der Waals surface area contributed by atoms with Crippen LogP contribution in [0, 0.1) is 0 Å². The van der Waals surface area contributed by atoms with Crippen molar-refractivity contribution in [2.45, 2.75) is 19.6 Å². The van der Waals surface area contributed by atoms with Crippen LogP contribution in [0.4, 0.5) is 0 Å². The molecule has 3 nitrogen and oxygen atoms in total. The molecule has 0 saturated carbocycles. The van der Waals surface area contributed by atoms with E-state index >= 15 is 0 Å². The predicted octanol–water partition coefficient (Wildman–Crippen LogP) is 2.92. The van der Waals surface area contributed by atoms with Crippen LogP contribution in [-0.2, 0) is 19.6 Å². The molecule has 1 aliphatic rings. The molecule has 0 amide bonds. The van der Waals surface area contributed by atoms with Crippen molar-refractivity contribution >= 4 is 0 Å². The van der Waals surface area contributed by atoms with Gasteiger partial charge in [0.05, 0.1) is 7.11 Å². The molecular formula is C17H19NO2. The molecule has 3 heteroatoms. The largest absolute Gasteiger partial charge is 0.497 e. The fraction of sp³-hybridized carbons (Fsp3) is 0.294. The highest BCUT2D eigenvalue weighted by Gasteiger charge is 2.09. The molecule has 1 aliphatic heterocycles. The molecule has 0 spiro atoms. The van der Waals surface area contributed by atoms with Crippen molar-refractivity contribution in [2.24, 2.45) is 0 Å². The predicted molar refractivity (Wildman–Crippen MR) is 79.2 cm³/mol. The van der Waals surface area contributed by atoms with E-state index in [9.17, 15) is 0 Å². The summed E-state index contributed by atoms with van der Waals surface area (Å²) in [5, 5.41) is 3.38. The SMILES string of the molecule is COc1cccc(COc2ccc3c(c2)CNCC3)c1. The molecule has 0 fully saturated rings. The van der Waals surface area contributed by atoms with Crippen LogP contribution in [-0.4, -0.2) is 13.7 Å². The van der Waals surface area contributed by atoms with Gasteiger partial charge >= 0.3 is 0 Å². The summed E-state index contributed by atoms with van der Waals surface area (Å²) in [6, 6.07) is 14.3. The minimum absolute atomic E-state index is 0.559. The van der Waals surface area contributed by atoms with Crippen LogP contribution in [0.1, 0.15) is 16.7 Å². The van der Waals surface area contributed by atoms with Gasteiger partial charge in [-0.25, -0.2) is 0 Å². The Labute approximate surface area is 119 Å². The zero-order valence-electron chi connectivity index (χ0n) is 11.7. The highest BCUT2D eigenvalue weighted by Crippen LogP contribution is 2.22. The molecule has 1 heterocycles. The van der Waals surface area contributed by atoms with Gasteiger partial charge in [0.15, 0.2) is 0 Å². The Morgan fingerprint density at radius 1 is 1.05 bits per heavy atom. The van der Waals surface area contributed by atoms with Gasteiger partial charge in [0.2, 0.25) is 0 Å². The molecule has 0 atom stereocenters. The number of benzene rings is 2. The van der Waals surface area contributed by atoms with Crippen molar-refractivity contribution < 1.29 is 9.47 Å². The fourth-order valence-electron chi connectivity index (χ4n) is 2.48. The minimum atomic E-state index is 0.559. The zero-order valence-corrected chi connectivity index (χ0v) is 11.7. The van der Waals surface area contributed by atoms with Gasteiger partial charge < -0.3 is 14.8 Å². The van der Waals surface area contributed by atoms with Crippen LogP contribution < -0.4 is 14.8 Å². The van der Waals surface area contributed by atoms with Crippen molar-refractivity contribution in [3.8, 4) is 11.5 Å². The molecule has 104 valence electrons. The Morgan fingerprint density at radius 2 is 2.00 bits per heavy atom. The van der Waals surface area contributed by atoms with E-state index in [4.69, 9.17) is 9.47 Å². The van der Waals surface area contributed by atoms with Gasteiger partial charge in [-0.2, -0.15) is 0 Å². The molecule has 2 aromatic rings. The smallest absolute Gasteiger partial charge is 0.120 e. The van der Waals surface area contributed by atoms with Gasteiger partial charge in [0, 0.05) is 6.54 Å². The van der Waals surface area contributed by atoms with Crippen molar-refractivity contribution in [3.63, 3.8) is 0 Å². The number of ether oxygens (including phenoxy) is 2. The van der Waals surface area contributed by atoms with E-state index in [1.54, 1.807) is 7.11 Å². The van der Waals surface area contributed by atoms with E-state index in [0.29, 0.717) is 6.61 Å². The first kappa shape index (κ1) is 13.0. The molecule has 3 rings (SSSR count). The number of rotatable bonds is 4. The van der Waals surface area contributed by atoms with Gasteiger partial charge in [-0.1, -0.05) is 18.2 Å². The highest BCUT2D eigenvalue weighted by molar-refractivity contribution is 5.37. The molecule has 0 aliphatic carbocycles. The van der Waals surface area contributed by atoms with Gasteiger partial charge in [-0.05, 0) is 53.9 Å². The summed E-state index contributed by atoms with van der Waals surface area (Å²) < 4.78 is 11.1. The van der Waals surface area contributed by atoms with E-state index in [2.05, 4.69) is 23.5 Å². The Bertz CT molecular complexity index is 595. The van der Waals surface area contributed by atoms with Crippen molar-refractivity contribution in [2.75, 3.05) is 13.7 Å². The van der Waals surface area contributed by atoms with Crippen LogP contribution in [0.3, 0.4) is 0 Å². The summed E-state index contributed by atoms with van der Waals surface area (Å²) >= 11 is 0. The Morgan fingerprint density at radius 3 is 2.90 bits per heavy atom. The lowest BCUT2D eigenvalue weighted by Crippen LogP contribution is -2.23. The van der Waals surface area contributed by atoms with Gasteiger partial charge in [-0.3, -0.25) is 0 Å². The summed E-state index contributed by atoms with van der Waals surface area (Å²) in [7, 11) is 1.68. The van der Waals surface area contributed by atoms with Crippen molar-refractivity contribution in [1.82, 2.24) is 5.32 Å². The highest BCUT2D eigenvalue weighted by atomic mass is 16.5. The lowest BCUT2D eigenvalue weighted by molar-refractivity contribution is 0.304. The first-order valence-electron chi connectivity index (χ1n) is 6.93. The molecule has 20 heavy (non-hydrogen) atoms. The second kappa shape index (κ2) is 5.97. The van der Waals surface area contributed by atoms with Crippen LogP contribution in [0.2, 0.25) is 0 Å². The Hall–Kier alpha value is -2.00. The Kier molecular flexibility index (Phi) is 3.88. The topological polar surface area (TPSA) is 30.5 Å². The molecule has 0 bridgehead atoms. The maximum Gasteiger partial charge on any atom is 0.120 e. The standard InChI is InChI=1S/C17H19NO2/c1-19-16-4-2-3-13(9-16)12-20-17-6-5-14-7-8-18-11-15(14)10-17/h2-6,9-10,18H,7-8,11-12H2,1H3. The molecule has 1 N–H and O–H groups in total. The molecule has 0 aromatic heterocycles. The van der Waals surface area contributed by atoms with Gasteiger partial charge in [-0.15, -0.1) is 0 Å². The maximum absolute atomic E-state index is 5.87. The molecule has 0 saturated heterocycles. The number of hydrogen-bond acceptors (Lipinski definition) is 3. The van der Waals surface area contributed by atoms with Crippen molar-refractivity contribution in [1.29, 1.82) is 0 Å². The normalized spacial score (nSPS) is 13.7. The third-order valence-corrected chi connectivity index (χ3v) is 3.60. The van der Waals surface area contributed by atoms with Crippen LogP contribution in [0.25, 0.3) is 0 Å².